The molecule has 3 aromatic heterocycles. The van der Waals surface area contributed by atoms with E-state index < -0.39 is 63.4 Å². The van der Waals surface area contributed by atoms with Gasteiger partial charge < -0.3 is 84.1 Å². The first-order valence-electron chi connectivity index (χ1n) is 36.2. The van der Waals surface area contributed by atoms with Gasteiger partial charge >= 0.3 is 21.3 Å². The molecule has 6 N–H and O–H groups in total. The first-order chi connectivity index (χ1) is 49.1. The van der Waals surface area contributed by atoms with Gasteiger partial charge in [-0.25, -0.2) is 40.2 Å². The minimum atomic E-state index is -4.97. The predicted molar refractivity (Wildman–Crippen MR) is 415 cm³/mol. The van der Waals surface area contributed by atoms with E-state index in [4.69, 9.17) is 14.2 Å². The molecule has 2 aliphatic rings. The number of nitrogens with one attached hydrogen (secondary N) is 3. The van der Waals surface area contributed by atoms with E-state index in [1.54, 1.807) is 24.3 Å². The molecule has 0 saturated heterocycles. The summed E-state index contributed by atoms with van der Waals surface area (Å²) in [4.78, 5) is 34.9. The van der Waals surface area contributed by atoms with Gasteiger partial charge in [-0.05, 0) is 160 Å². The summed E-state index contributed by atoms with van der Waals surface area (Å²) in [6.45, 7) is 44.9. The fourth-order valence-corrected chi connectivity index (χ4v) is 14.4. The molecule has 3 unspecified atom stereocenters. The standard InChI is InChI=1S/C32H16N8O9S3.3C15H33NO2.Cu/c41-50(42,43)14-5-8-19-22(11-14)30-36-27(19)34-25-17-3-1-2-4-18(17)26(33-25)35-28-20-9-6-15(51(44,45)46)12-23(20)31(37-28)40-32-24-13-16(52(47,48)49)7-10-21(24)29(38-30)39-32;3*1-7-8-9-18-11-13(17)10-16-15(5,6)12-14(2,3)4;/h1-13H,(H3-2,33,34,35,36,37,38,39,40,41,42,43,44,45,46,47,48,49);3*13,16-17H,7-12H2,1-6H3;/q-2;;;;+2. The molecule has 0 aliphatic carbocycles. The molecule has 0 saturated carbocycles. The fraction of sp³-hybridized carbons (Fsp3) is 0.584. The van der Waals surface area contributed by atoms with Crippen molar-refractivity contribution in [2.24, 2.45) is 16.2 Å². The van der Waals surface area contributed by atoms with Crippen LogP contribution < -0.4 is 25.9 Å². The third kappa shape index (κ3) is 29.7. The number of hydrogen-bond donors (Lipinski definition) is 6. The van der Waals surface area contributed by atoms with E-state index in [1.165, 1.54) is 18.2 Å². The van der Waals surface area contributed by atoms with Gasteiger partial charge in [0.2, 0.25) is 0 Å². The van der Waals surface area contributed by atoms with E-state index in [1.807, 2.05) is 0 Å². The number of aliphatic hydroxyl groups excluding tert-OH is 3. The van der Waals surface area contributed by atoms with Crippen molar-refractivity contribution in [3.8, 4) is 45.6 Å². The van der Waals surface area contributed by atoms with Crippen LogP contribution in [-0.2, 0) is 61.6 Å². The largest absolute Gasteiger partial charge is 2.00 e. The topological polar surface area (TPSA) is 402 Å². The number of hydrogen-bond acceptors (Lipinski definition) is 24. The molecule has 2 aliphatic heterocycles. The van der Waals surface area contributed by atoms with Crippen LogP contribution in [0, 0.1) is 16.2 Å². The molecule has 5 heterocycles. The van der Waals surface area contributed by atoms with Crippen LogP contribution >= 0.6 is 0 Å². The normalized spacial score (nSPS) is 13.8. The van der Waals surface area contributed by atoms with Crippen LogP contribution in [-0.4, -0.2) is 178 Å². The van der Waals surface area contributed by atoms with E-state index in [0.29, 0.717) is 72.4 Å². The molecule has 597 valence electrons. The number of fused-ring (bicyclic) bond motifs is 20. The van der Waals surface area contributed by atoms with Crippen LogP contribution in [0.1, 0.15) is 187 Å². The van der Waals surface area contributed by atoms with Crippen LogP contribution in [0.15, 0.2) is 93.5 Å². The average molecular weight is 1590 g/mol. The molecule has 30 heteroatoms. The molecule has 8 bridgehead atoms. The summed E-state index contributed by atoms with van der Waals surface area (Å²) in [5.41, 5.74) is 2.04. The van der Waals surface area contributed by atoms with Crippen molar-refractivity contribution in [1.82, 2.24) is 55.8 Å². The van der Waals surface area contributed by atoms with E-state index in [-0.39, 0.29) is 111 Å². The van der Waals surface area contributed by atoms with E-state index >= 15 is 0 Å². The van der Waals surface area contributed by atoms with Gasteiger partial charge in [-0.15, -0.1) is 0 Å². The number of aliphatic hydroxyl groups is 3. The van der Waals surface area contributed by atoms with Crippen molar-refractivity contribution in [3.05, 3.63) is 78.9 Å². The van der Waals surface area contributed by atoms with Gasteiger partial charge in [0.1, 0.15) is 30.4 Å². The Morgan fingerprint density at radius 3 is 0.991 bits per heavy atom. The molecular formula is C77H115CuN11O15S3. The molecule has 0 spiro atoms. The molecule has 0 amide bonds. The summed E-state index contributed by atoms with van der Waals surface area (Å²) in [5, 5.41) is 40.3. The molecule has 9 rings (SSSR count). The third-order valence-electron chi connectivity index (χ3n) is 16.6. The molecule has 3 atom stereocenters. The summed E-state index contributed by atoms with van der Waals surface area (Å²) in [6.07, 6.45) is 8.56. The number of unbranched alkanes of at least 4 members (excludes halogenated alkanes) is 3. The predicted octanol–water partition coefficient (Wildman–Crippen LogP) is 12.1. The Morgan fingerprint density at radius 1 is 0.402 bits per heavy atom. The SMILES string of the molecule is CCCCOCC(O)CNC(C)(C)CC(C)(C)C.CCCCOCC(O)CNC(C)(C)CC(C)(C)C.CCCCOCC(O)CNC(C)(C)CC(C)(C)C.O=S(=O)([O-])c1ccc2c(c1)-c1nc-2nc2nc(nc3[n-]c(nc4[n-]c(n1)c1ccc(S(=O)(=O)[O-])cc41)c1cc(S(=O)(=O)[O-])ccc31)-c1ccccc1-2.[Cu+2].[H+].[H+].[H+]. The second-order valence-electron chi connectivity index (χ2n) is 32.8. The van der Waals surface area contributed by atoms with Crippen molar-refractivity contribution in [2.75, 3.05) is 59.3 Å². The number of ether oxygens (including phenoxy) is 3. The Balaban J connectivity index is 0.000000588. The first-order valence-corrected chi connectivity index (χ1v) is 40.5. The van der Waals surface area contributed by atoms with Gasteiger partial charge in [0.25, 0.3) is 0 Å². The summed E-state index contributed by atoms with van der Waals surface area (Å²) >= 11 is 0. The van der Waals surface area contributed by atoms with Crippen molar-refractivity contribution in [1.29, 1.82) is 0 Å². The zero-order valence-corrected chi connectivity index (χ0v) is 68.7. The van der Waals surface area contributed by atoms with Crippen LogP contribution in [0.2, 0.25) is 0 Å². The quantitative estimate of drug-likeness (QED) is 0.0138. The molecule has 1 radical (unpaired) electrons. The van der Waals surface area contributed by atoms with Gasteiger partial charge in [-0.3, -0.25) is 0 Å². The maximum absolute atomic E-state index is 12.0. The second kappa shape index (κ2) is 38.9. The Morgan fingerprint density at radius 2 is 0.682 bits per heavy atom. The van der Waals surface area contributed by atoms with Gasteiger partial charge in [0, 0.05) is 101 Å². The second-order valence-corrected chi connectivity index (χ2v) is 36.9. The zero-order chi connectivity index (χ0) is 79.0. The Labute approximate surface area is 648 Å². The summed E-state index contributed by atoms with van der Waals surface area (Å²) in [6, 6.07) is 17.4. The van der Waals surface area contributed by atoms with E-state index in [0.717, 1.165) is 114 Å². The first kappa shape index (κ1) is 91.7. The number of benzene rings is 4. The molecule has 107 heavy (non-hydrogen) atoms. The molecule has 7 aromatic rings. The summed E-state index contributed by atoms with van der Waals surface area (Å²) in [5.74, 6) is 0.247. The Kier molecular flexibility index (Phi) is 33.3. The minimum Gasteiger partial charge on any atom is -0.744 e. The Hall–Kier alpha value is -5.87. The van der Waals surface area contributed by atoms with Gasteiger partial charge in [0.05, 0.1) is 64.5 Å². The van der Waals surface area contributed by atoms with Gasteiger partial charge in [-0.1, -0.05) is 139 Å². The van der Waals surface area contributed by atoms with Crippen LogP contribution in [0.4, 0.5) is 0 Å². The van der Waals surface area contributed by atoms with Crippen LogP contribution in [0.25, 0.3) is 89.7 Å². The monoisotopic (exact) mass is 1590 g/mol. The number of nitrogens with zero attached hydrogens (tertiary/aromatic N) is 8. The Bertz CT molecular complexity index is 4520. The summed E-state index contributed by atoms with van der Waals surface area (Å²) < 4.78 is 124. The zero-order valence-electron chi connectivity index (χ0n) is 68.3. The van der Waals surface area contributed by atoms with Crippen LogP contribution in [0.5, 0.6) is 0 Å². The van der Waals surface area contributed by atoms with Crippen LogP contribution in [0.3, 0.4) is 0 Å². The number of aromatic nitrogens is 8. The number of rotatable bonds is 30. The molecule has 0 fully saturated rings. The fourth-order valence-electron chi connectivity index (χ4n) is 12.9. The average Bonchev–Trinajstić information content (AvgIpc) is 1.59. The third-order valence-corrected chi connectivity index (χ3v) is 19.1. The van der Waals surface area contributed by atoms with Gasteiger partial charge in [0.15, 0.2) is 11.6 Å². The summed E-state index contributed by atoms with van der Waals surface area (Å²) in [7, 11) is -14.8. The minimum absolute atomic E-state index is 0. The van der Waals surface area contributed by atoms with Crippen molar-refractivity contribution in [3.63, 3.8) is 0 Å². The van der Waals surface area contributed by atoms with E-state index in [9.17, 15) is 54.2 Å². The molecule has 26 nitrogen and oxygen atoms in total. The maximum Gasteiger partial charge on any atom is 2.00 e. The smallest absolute Gasteiger partial charge is 0.744 e. The van der Waals surface area contributed by atoms with Crippen molar-refractivity contribution >= 4 is 74.5 Å². The molecular weight excluding hydrogens is 1480 g/mol. The van der Waals surface area contributed by atoms with Gasteiger partial charge in [-0.2, -0.15) is 0 Å². The van der Waals surface area contributed by atoms with Crippen molar-refractivity contribution < 1.29 is 89.8 Å². The van der Waals surface area contributed by atoms with E-state index in [2.05, 4.69) is 180 Å². The van der Waals surface area contributed by atoms with Crippen molar-refractivity contribution in [2.45, 2.75) is 232 Å². The maximum atomic E-state index is 12.0. The number of β-amino-alcohol motifs (C(OH)–C–C–N with tert-alkyl or cyclic N) is 3. The molecule has 4 aromatic carbocycles.